The molecular formula is C23H22ClF6N3. The summed E-state index contributed by atoms with van der Waals surface area (Å²) in [6, 6.07) is 9.95. The third kappa shape index (κ3) is 5.81. The quantitative estimate of drug-likeness (QED) is 0.398. The number of alkyl halides is 6. The highest BCUT2D eigenvalue weighted by Crippen LogP contribution is 2.35. The highest BCUT2D eigenvalue weighted by molar-refractivity contribution is 6.31. The molecule has 0 radical (unpaired) electrons. The molecule has 0 bridgehead atoms. The maximum Gasteiger partial charge on any atom is 0.416 e. The van der Waals surface area contributed by atoms with Crippen molar-refractivity contribution in [3.05, 3.63) is 64.4 Å². The minimum atomic E-state index is -4.46. The third-order valence-corrected chi connectivity index (χ3v) is 6.30. The Morgan fingerprint density at radius 2 is 1.88 bits per heavy atom. The smallest absolute Gasteiger partial charge is 0.342 e. The summed E-state index contributed by atoms with van der Waals surface area (Å²) in [6.07, 6.45) is -7.96. The van der Waals surface area contributed by atoms with Crippen molar-refractivity contribution in [1.82, 2.24) is 14.9 Å². The average Bonchev–Trinajstić information content (AvgIpc) is 3.14. The third-order valence-electron chi connectivity index (χ3n) is 6.07. The van der Waals surface area contributed by atoms with Crippen LogP contribution in [0.1, 0.15) is 35.7 Å². The first-order valence-corrected chi connectivity index (χ1v) is 11.0. The zero-order valence-electron chi connectivity index (χ0n) is 17.5. The van der Waals surface area contributed by atoms with E-state index in [4.69, 9.17) is 11.6 Å². The number of aromatic amines is 1. The van der Waals surface area contributed by atoms with Crippen molar-refractivity contribution in [3.63, 3.8) is 0 Å². The summed E-state index contributed by atoms with van der Waals surface area (Å²) in [5.41, 5.74) is 0.876. The molecule has 0 aliphatic carbocycles. The van der Waals surface area contributed by atoms with E-state index < -0.39 is 23.8 Å². The van der Waals surface area contributed by atoms with Gasteiger partial charge in [0.2, 0.25) is 0 Å². The van der Waals surface area contributed by atoms with Gasteiger partial charge in [-0.1, -0.05) is 29.8 Å². The fourth-order valence-electron chi connectivity index (χ4n) is 4.42. The first kappa shape index (κ1) is 23.9. The predicted octanol–water partition coefficient (Wildman–Crippen LogP) is 6.84. The van der Waals surface area contributed by atoms with E-state index in [1.54, 1.807) is 29.2 Å². The second-order valence-corrected chi connectivity index (χ2v) is 8.95. The number of hydrogen-bond acceptors (Lipinski definition) is 2. The van der Waals surface area contributed by atoms with Gasteiger partial charge in [0, 0.05) is 24.5 Å². The van der Waals surface area contributed by atoms with Crippen LogP contribution in [-0.2, 0) is 12.6 Å². The first-order chi connectivity index (χ1) is 15.5. The fraction of sp³-hybridized carbons (Fsp3) is 0.435. The standard InChI is InChI=1S/C23H22ClF6N3/c24-18-6-7-19-20(11-18)32-21(31-19)10-17(23(28,29)30)13-33-8-2-4-15(12-33)14-3-1-5-16(9-14)22(25,26)27/h1,3,5-7,9,11,15,17H,2,4,8,10,12-13H2,(H,31,32). The van der Waals surface area contributed by atoms with Crippen molar-refractivity contribution in [2.45, 2.75) is 37.5 Å². The van der Waals surface area contributed by atoms with Crippen LogP contribution in [-0.4, -0.2) is 40.7 Å². The maximum absolute atomic E-state index is 13.9. The minimum Gasteiger partial charge on any atom is -0.342 e. The summed E-state index contributed by atoms with van der Waals surface area (Å²) < 4.78 is 80.8. The van der Waals surface area contributed by atoms with Crippen molar-refractivity contribution < 1.29 is 26.3 Å². The molecule has 2 aromatic carbocycles. The van der Waals surface area contributed by atoms with E-state index in [1.807, 2.05) is 0 Å². The second kappa shape index (κ2) is 9.18. The molecule has 0 spiro atoms. The van der Waals surface area contributed by atoms with E-state index >= 15 is 0 Å². The fourth-order valence-corrected chi connectivity index (χ4v) is 4.59. The van der Waals surface area contributed by atoms with Crippen LogP contribution in [0, 0.1) is 5.92 Å². The number of likely N-dealkylation sites (tertiary alicyclic amines) is 1. The Kier molecular flexibility index (Phi) is 6.64. The van der Waals surface area contributed by atoms with Gasteiger partial charge in [-0.2, -0.15) is 26.3 Å². The van der Waals surface area contributed by atoms with E-state index in [2.05, 4.69) is 9.97 Å². The van der Waals surface area contributed by atoms with Crippen LogP contribution in [0.25, 0.3) is 11.0 Å². The monoisotopic (exact) mass is 489 g/mol. The molecule has 1 fully saturated rings. The summed E-state index contributed by atoms with van der Waals surface area (Å²) >= 11 is 5.94. The van der Waals surface area contributed by atoms with Gasteiger partial charge in [0.15, 0.2) is 0 Å². The molecule has 2 unspecified atom stereocenters. The highest BCUT2D eigenvalue weighted by atomic mass is 35.5. The van der Waals surface area contributed by atoms with Crippen molar-refractivity contribution in [2.75, 3.05) is 19.6 Å². The Bertz CT molecular complexity index is 1110. The van der Waals surface area contributed by atoms with Gasteiger partial charge >= 0.3 is 12.4 Å². The van der Waals surface area contributed by atoms with Crippen LogP contribution in [0.4, 0.5) is 26.3 Å². The number of halogens is 7. The normalized spacial score (nSPS) is 19.2. The summed E-state index contributed by atoms with van der Waals surface area (Å²) in [5.74, 6) is -1.68. The van der Waals surface area contributed by atoms with E-state index in [0.717, 1.165) is 12.1 Å². The number of aromatic nitrogens is 2. The molecule has 2 atom stereocenters. The number of rotatable bonds is 5. The lowest BCUT2D eigenvalue weighted by Crippen LogP contribution is -2.42. The molecule has 2 heterocycles. The topological polar surface area (TPSA) is 31.9 Å². The SMILES string of the molecule is FC(F)(F)c1cccc(C2CCCN(CC(Cc3nc4ccc(Cl)cc4[nH]3)C(F)(F)F)C2)c1. The second-order valence-electron chi connectivity index (χ2n) is 8.51. The number of nitrogens with one attached hydrogen (secondary N) is 1. The molecule has 10 heteroatoms. The molecule has 0 saturated carbocycles. The van der Waals surface area contributed by atoms with Crippen molar-refractivity contribution in [1.29, 1.82) is 0 Å². The molecule has 1 N–H and O–H groups in total. The zero-order valence-corrected chi connectivity index (χ0v) is 18.2. The van der Waals surface area contributed by atoms with Crippen molar-refractivity contribution in [2.24, 2.45) is 5.92 Å². The largest absolute Gasteiger partial charge is 0.416 e. The van der Waals surface area contributed by atoms with Gasteiger partial charge in [0.1, 0.15) is 5.82 Å². The van der Waals surface area contributed by atoms with E-state index in [-0.39, 0.29) is 31.3 Å². The van der Waals surface area contributed by atoms with Crippen LogP contribution < -0.4 is 0 Å². The Morgan fingerprint density at radius 1 is 1.09 bits per heavy atom. The molecule has 3 nitrogen and oxygen atoms in total. The van der Waals surface area contributed by atoms with Gasteiger partial charge in [-0.15, -0.1) is 0 Å². The van der Waals surface area contributed by atoms with Gasteiger partial charge in [-0.05, 0) is 55.1 Å². The van der Waals surface area contributed by atoms with E-state index in [1.165, 1.54) is 6.07 Å². The Balaban J connectivity index is 1.48. The molecule has 0 amide bonds. The minimum absolute atomic E-state index is 0.223. The number of benzene rings is 2. The number of nitrogens with zero attached hydrogens (tertiary/aromatic N) is 2. The van der Waals surface area contributed by atoms with Gasteiger partial charge in [-0.25, -0.2) is 4.98 Å². The maximum atomic E-state index is 13.9. The Hall–Kier alpha value is -2.26. The molecule has 1 aliphatic rings. The number of hydrogen-bond donors (Lipinski definition) is 1. The number of fused-ring (bicyclic) bond motifs is 1. The van der Waals surface area contributed by atoms with Crippen LogP contribution in [0.15, 0.2) is 42.5 Å². The highest BCUT2D eigenvalue weighted by Gasteiger charge is 2.42. The lowest BCUT2D eigenvalue weighted by molar-refractivity contribution is -0.180. The zero-order chi connectivity index (χ0) is 23.8. The molecular weight excluding hydrogens is 468 g/mol. The summed E-state index contributed by atoms with van der Waals surface area (Å²) in [4.78, 5) is 8.87. The summed E-state index contributed by atoms with van der Waals surface area (Å²) in [7, 11) is 0. The predicted molar refractivity (Wildman–Crippen MR) is 114 cm³/mol. The van der Waals surface area contributed by atoms with E-state index in [9.17, 15) is 26.3 Å². The van der Waals surface area contributed by atoms with Gasteiger partial charge in [-0.3, -0.25) is 0 Å². The van der Waals surface area contributed by atoms with Crippen molar-refractivity contribution >= 4 is 22.6 Å². The van der Waals surface area contributed by atoms with Crippen LogP contribution >= 0.6 is 11.6 Å². The molecule has 178 valence electrons. The summed E-state index contributed by atoms with van der Waals surface area (Å²) in [6.45, 7) is 0.512. The van der Waals surface area contributed by atoms with Crippen LogP contribution in [0.3, 0.4) is 0 Å². The molecule has 3 aromatic rings. The van der Waals surface area contributed by atoms with Gasteiger partial charge in [0.05, 0.1) is 22.5 Å². The Labute approximate surface area is 191 Å². The number of piperidine rings is 1. The lowest BCUT2D eigenvalue weighted by Gasteiger charge is -2.35. The molecule has 33 heavy (non-hydrogen) atoms. The number of imidazole rings is 1. The summed E-state index contributed by atoms with van der Waals surface area (Å²) in [5, 5.41) is 0.457. The van der Waals surface area contributed by atoms with Gasteiger partial charge in [0.25, 0.3) is 0 Å². The van der Waals surface area contributed by atoms with Crippen LogP contribution in [0.2, 0.25) is 5.02 Å². The lowest BCUT2D eigenvalue weighted by atomic mass is 9.89. The molecule has 1 aliphatic heterocycles. The van der Waals surface area contributed by atoms with E-state index in [0.29, 0.717) is 41.0 Å². The van der Waals surface area contributed by atoms with Gasteiger partial charge < -0.3 is 9.88 Å². The Morgan fingerprint density at radius 3 is 2.61 bits per heavy atom. The molecule has 1 aromatic heterocycles. The van der Waals surface area contributed by atoms with Crippen LogP contribution in [0.5, 0.6) is 0 Å². The number of H-pyrrole nitrogens is 1. The molecule has 4 rings (SSSR count). The first-order valence-electron chi connectivity index (χ1n) is 10.6. The average molecular weight is 490 g/mol. The van der Waals surface area contributed by atoms with Crippen molar-refractivity contribution in [3.8, 4) is 0 Å². The molecule has 1 saturated heterocycles.